The lowest BCUT2D eigenvalue weighted by atomic mass is 9.81. The van der Waals surface area contributed by atoms with Gasteiger partial charge in [-0.25, -0.2) is 0 Å². The highest BCUT2D eigenvalue weighted by molar-refractivity contribution is 6.10. The fraction of sp³-hybridized carbons (Fsp3) is 0.0833. The van der Waals surface area contributed by atoms with Crippen LogP contribution in [0.3, 0.4) is 0 Å². The van der Waals surface area contributed by atoms with Gasteiger partial charge >= 0.3 is 0 Å². The van der Waals surface area contributed by atoms with E-state index < -0.39 is 0 Å². The first-order chi connectivity index (χ1) is 24.5. The lowest BCUT2D eigenvalue weighted by Crippen LogP contribution is -2.14. The number of hydrogen-bond donors (Lipinski definition) is 1. The van der Waals surface area contributed by atoms with Crippen molar-refractivity contribution in [2.45, 2.75) is 25.7 Å². The van der Waals surface area contributed by atoms with Crippen LogP contribution in [0, 0.1) is 0 Å². The van der Waals surface area contributed by atoms with Crippen LogP contribution in [0.1, 0.15) is 36.1 Å². The summed E-state index contributed by atoms with van der Waals surface area (Å²) >= 11 is 0. The van der Waals surface area contributed by atoms with Gasteiger partial charge in [-0.05, 0) is 105 Å². The Hall–Kier alpha value is -6.12. The number of fused-ring (bicyclic) bond motifs is 6. The maximum atomic E-state index is 6.37. The Bertz CT molecular complexity index is 2580. The van der Waals surface area contributed by atoms with Gasteiger partial charge < -0.3 is 10.3 Å². The molecular formula is C48H38N2. The molecule has 1 aliphatic carbocycles. The minimum atomic E-state index is -0.0213. The summed E-state index contributed by atoms with van der Waals surface area (Å²) in [7, 11) is 0. The molecule has 0 bridgehead atoms. The van der Waals surface area contributed by atoms with Crippen LogP contribution in [0.4, 0.5) is 0 Å². The molecule has 7 aromatic carbocycles. The van der Waals surface area contributed by atoms with Crippen LogP contribution in [-0.4, -0.2) is 4.57 Å². The first-order valence-corrected chi connectivity index (χ1v) is 17.4. The van der Waals surface area contributed by atoms with Gasteiger partial charge in [0.1, 0.15) is 0 Å². The Morgan fingerprint density at radius 1 is 0.540 bits per heavy atom. The summed E-state index contributed by atoms with van der Waals surface area (Å²) in [5, 5.41) is 2.51. The van der Waals surface area contributed by atoms with Crippen molar-refractivity contribution in [2.75, 3.05) is 0 Å². The molecule has 0 saturated heterocycles. The molecule has 2 heteroatoms. The van der Waals surface area contributed by atoms with Crippen molar-refractivity contribution >= 4 is 27.5 Å². The molecule has 0 amide bonds. The zero-order chi connectivity index (χ0) is 33.8. The first kappa shape index (κ1) is 30.0. The van der Waals surface area contributed by atoms with Gasteiger partial charge in [0.25, 0.3) is 0 Å². The second-order valence-electron chi connectivity index (χ2n) is 14.0. The second-order valence-corrected chi connectivity index (χ2v) is 14.0. The molecule has 0 radical (unpaired) electrons. The number of aromatic nitrogens is 1. The number of benzene rings is 7. The summed E-state index contributed by atoms with van der Waals surface area (Å²) in [6.45, 7) is 4.69. The standard InChI is InChI=1S/C48H38N2/c1-48(2)43-17-8-6-15-39(43)40-26-22-37(31-44(40)48)35-14-10-13-34(29-35)36-23-28-47-42(30-36)41-16-7-9-18-46(41)50(47)38-24-19-32(20-25-38)21-27-45(49)33-11-4-3-5-12-33/h3-20,22-31H,21,49H2,1-2H3/b45-27-. The third-order valence-electron chi connectivity index (χ3n) is 10.6. The predicted octanol–water partition coefficient (Wildman–Crippen LogP) is 12.0. The smallest absolute Gasteiger partial charge is 0.0541 e. The van der Waals surface area contributed by atoms with Gasteiger partial charge in [-0.15, -0.1) is 0 Å². The van der Waals surface area contributed by atoms with Crippen LogP contribution in [0.15, 0.2) is 170 Å². The van der Waals surface area contributed by atoms with E-state index >= 15 is 0 Å². The SMILES string of the molecule is CC1(C)c2ccccc2-c2ccc(-c3cccc(-c4ccc5c(c4)c4ccccc4n5-c4ccc(C/C=C(\N)c5ccccc5)cc4)c3)cc21. The summed E-state index contributed by atoms with van der Waals surface area (Å²) in [5.41, 5.74) is 23.4. The number of nitrogens with two attached hydrogens (primary N) is 1. The third kappa shape index (κ3) is 4.95. The van der Waals surface area contributed by atoms with E-state index in [9.17, 15) is 0 Å². The number of nitrogens with zero attached hydrogens (tertiary/aromatic N) is 1. The van der Waals surface area contributed by atoms with Crippen LogP contribution in [0.5, 0.6) is 0 Å². The lowest BCUT2D eigenvalue weighted by Gasteiger charge is -2.22. The van der Waals surface area contributed by atoms with E-state index in [1.807, 2.05) is 30.3 Å². The van der Waals surface area contributed by atoms with Crippen LogP contribution < -0.4 is 5.73 Å². The maximum absolute atomic E-state index is 6.37. The molecule has 2 N–H and O–H groups in total. The zero-order valence-corrected chi connectivity index (χ0v) is 28.4. The molecule has 8 aromatic rings. The van der Waals surface area contributed by atoms with Crippen molar-refractivity contribution in [3.8, 4) is 39.1 Å². The fourth-order valence-electron chi connectivity index (χ4n) is 7.95. The molecule has 1 aromatic heterocycles. The largest absolute Gasteiger partial charge is 0.398 e. The molecule has 240 valence electrons. The molecule has 9 rings (SSSR count). The van der Waals surface area contributed by atoms with E-state index in [2.05, 4.69) is 158 Å². The molecule has 0 fully saturated rings. The number of hydrogen-bond acceptors (Lipinski definition) is 1. The van der Waals surface area contributed by atoms with E-state index in [0.717, 1.165) is 23.4 Å². The topological polar surface area (TPSA) is 30.9 Å². The van der Waals surface area contributed by atoms with E-state index in [4.69, 9.17) is 5.73 Å². The van der Waals surface area contributed by atoms with Crippen LogP contribution in [-0.2, 0) is 11.8 Å². The lowest BCUT2D eigenvalue weighted by molar-refractivity contribution is 0.660. The molecule has 0 saturated carbocycles. The molecule has 1 heterocycles. The predicted molar refractivity (Wildman–Crippen MR) is 212 cm³/mol. The maximum Gasteiger partial charge on any atom is 0.0541 e. The number of rotatable bonds is 6. The number of para-hydroxylation sites is 1. The van der Waals surface area contributed by atoms with E-state index in [1.54, 1.807) is 0 Å². The molecule has 0 unspecified atom stereocenters. The zero-order valence-electron chi connectivity index (χ0n) is 28.4. The molecular weight excluding hydrogens is 605 g/mol. The summed E-state index contributed by atoms with van der Waals surface area (Å²) in [6, 6.07) is 59.5. The molecule has 1 aliphatic rings. The van der Waals surface area contributed by atoms with Gasteiger partial charge in [0.05, 0.1) is 11.0 Å². The highest BCUT2D eigenvalue weighted by atomic mass is 15.0. The second kappa shape index (κ2) is 11.8. The number of allylic oxidation sites excluding steroid dienone is 1. The summed E-state index contributed by atoms with van der Waals surface area (Å²) < 4.78 is 2.38. The Kier molecular flexibility index (Phi) is 7.07. The molecule has 2 nitrogen and oxygen atoms in total. The molecule has 0 aliphatic heterocycles. The van der Waals surface area contributed by atoms with Gasteiger partial charge in [0, 0.05) is 27.6 Å². The van der Waals surface area contributed by atoms with Gasteiger partial charge in [-0.2, -0.15) is 0 Å². The minimum absolute atomic E-state index is 0.0213. The summed E-state index contributed by atoms with van der Waals surface area (Å²) in [4.78, 5) is 0. The highest BCUT2D eigenvalue weighted by Crippen LogP contribution is 2.49. The molecule has 0 spiro atoms. The Labute approximate surface area is 293 Å². The van der Waals surface area contributed by atoms with Gasteiger partial charge in [0.15, 0.2) is 0 Å². The van der Waals surface area contributed by atoms with E-state index in [-0.39, 0.29) is 5.41 Å². The summed E-state index contributed by atoms with van der Waals surface area (Å²) in [6.07, 6.45) is 2.89. The highest BCUT2D eigenvalue weighted by Gasteiger charge is 2.35. The van der Waals surface area contributed by atoms with Crippen molar-refractivity contribution < 1.29 is 0 Å². The Morgan fingerprint density at radius 3 is 2.00 bits per heavy atom. The van der Waals surface area contributed by atoms with Crippen molar-refractivity contribution in [3.63, 3.8) is 0 Å². The van der Waals surface area contributed by atoms with Crippen molar-refractivity contribution in [1.29, 1.82) is 0 Å². The monoisotopic (exact) mass is 642 g/mol. The minimum Gasteiger partial charge on any atom is -0.398 e. The quantitative estimate of drug-likeness (QED) is 0.192. The third-order valence-corrected chi connectivity index (χ3v) is 10.6. The van der Waals surface area contributed by atoms with Gasteiger partial charge in [-0.1, -0.05) is 141 Å². The summed E-state index contributed by atoms with van der Waals surface area (Å²) in [5.74, 6) is 0. The Morgan fingerprint density at radius 2 is 1.18 bits per heavy atom. The van der Waals surface area contributed by atoms with Crippen molar-refractivity contribution in [1.82, 2.24) is 4.57 Å². The molecule has 0 atom stereocenters. The van der Waals surface area contributed by atoms with Crippen LogP contribution in [0.2, 0.25) is 0 Å². The van der Waals surface area contributed by atoms with Gasteiger partial charge in [-0.3, -0.25) is 0 Å². The Balaban J connectivity index is 1.05. The van der Waals surface area contributed by atoms with Gasteiger partial charge in [0.2, 0.25) is 0 Å². The normalized spacial score (nSPS) is 13.4. The first-order valence-electron chi connectivity index (χ1n) is 17.4. The van der Waals surface area contributed by atoms with E-state index in [1.165, 1.54) is 71.9 Å². The van der Waals surface area contributed by atoms with Crippen LogP contribution >= 0.6 is 0 Å². The van der Waals surface area contributed by atoms with Crippen molar-refractivity contribution in [2.24, 2.45) is 5.73 Å². The van der Waals surface area contributed by atoms with Crippen molar-refractivity contribution in [3.05, 3.63) is 192 Å². The van der Waals surface area contributed by atoms with Crippen LogP contribution in [0.25, 0.3) is 66.6 Å². The molecule has 50 heavy (non-hydrogen) atoms. The fourth-order valence-corrected chi connectivity index (χ4v) is 7.95. The average molecular weight is 643 g/mol. The van der Waals surface area contributed by atoms with E-state index in [0.29, 0.717) is 0 Å². The average Bonchev–Trinajstić information content (AvgIpc) is 3.62.